The monoisotopic (exact) mass is 768 g/mol. The van der Waals surface area contributed by atoms with E-state index >= 15 is 0 Å². The van der Waals surface area contributed by atoms with Crippen molar-refractivity contribution >= 4 is 29.5 Å². The number of amides is 3. The molecule has 15 heteroatoms. The summed E-state index contributed by atoms with van der Waals surface area (Å²) >= 11 is 0. The highest BCUT2D eigenvalue weighted by molar-refractivity contribution is 5.96. The van der Waals surface area contributed by atoms with Gasteiger partial charge >= 0.3 is 5.97 Å². The first-order valence-corrected chi connectivity index (χ1v) is 17.9. The molecule has 0 saturated carbocycles. The molecule has 0 aliphatic heterocycles. The highest BCUT2D eigenvalue weighted by Gasteiger charge is 2.24. The molecular weight excluding hydrogens is 720 g/mol. The lowest BCUT2D eigenvalue weighted by Gasteiger charge is -2.27. The van der Waals surface area contributed by atoms with Crippen LogP contribution in [-0.4, -0.2) is 57.0 Å². The van der Waals surface area contributed by atoms with Crippen molar-refractivity contribution in [1.29, 1.82) is 0 Å². The molecule has 4 aromatic rings. The van der Waals surface area contributed by atoms with E-state index in [4.69, 9.17) is 5.11 Å². The number of imidazole rings is 1. The molecule has 296 valence electrons. The van der Waals surface area contributed by atoms with Gasteiger partial charge in [0, 0.05) is 31.4 Å². The maximum Gasteiger partial charge on any atom is 0.326 e. The van der Waals surface area contributed by atoms with E-state index in [9.17, 15) is 36.7 Å². The van der Waals surface area contributed by atoms with E-state index < -0.39 is 59.0 Å². The fourth-order valence-corrected chi connectivity index (χ4v) is 5.52. The van der Waals surface area contributed by atoms with E-state index in [-0.39, 0.29) is 29.5 Å². The van der Waals surface area contributed by atoms with Gasteiger partial charge in [0.25, 0.3) is 0 Å². The van der Waals surface area contributed by atoms with Crippen LogP contribution in [-0.2, 0) is 44.1 Å². The van der Waals surface area contributed by atoms with Crippen LogP contribution in [0.4, 0.5) is 23.4 Å². The summed E-state index contributed by atoms with van der Waals surface area (Å²) in [6.07, 6.45) is 4.88. The van der Waals surface area contributed by atoms with Crippen LogP contribution in [0.15, 0.2) is 79.3 Å². The average molecular weight is 769 g/mol. The molecule has 4 rings (SSSR count). The first-order valence-electron chi connectivity index (χ1n) is 17.9. The molecule has 2 unspecified atom stereocenters. The van der Waals surface area contributed by atoms with Crippen LogP contribution in [0.25, 0.3) is 0 Å². The van der Waals surface area contributed by atoms with Gasteiger partial charge < -0.3 is 30.9 Å². The SMILES string of the molecule is CCCC(NC(=O)Cc1cc(F)cc(F)c1)C(=O)Nc1cn(C(C)(C)CNCc2ccccc2)cn1.CCCC(NC(=O)Cc1cc(F)cc(F)c1)C(=O)O. The van der Waals surface area contributed by atoms with E-state index in [1.54, 1.807) is 19.4 Å². The standard InChI is InChI=1S/C27H33F2N5O2.C13H15F2NO3/c1-4-8-23(32-25(35)13-20-11-21(28)14-22(29)12-20)26(36)33-24-16-34(18-31-24)27(2,3)17-30-15-19-9-6-5-7-10-19;1-2-3-11(13(18)19)16-12(17)6-8-4-9(14)7-10(15)5-8/h5-7,9-12,14,16,18,23,30H,4,8,13,15,17H2,1-3H3,(H,32,35)(H,33,36);4-5,7,11H,2-3,6H2,1H3,(H,16,17)(H,18,19). The van der Waals surface area contributed by atoms with Gasteiger partial charge in [-0.15, -0.1) is 0 Å². The summed E-state index contributed by atoms with van der Waals surface area (Å²) in [6.45, 7) is 9.24. The Kier molecular flexibility index (Phi) is 17.0. The normalized spacial score (nSPS) is 12.1. The molecule has 0 aliphatic rings. The number of hydrogen-bond acceptors (Lipinski definition) is 6. The van der Waals surface area contributed by atoms with Gasteiger partial charge in [0.2, 0.25) is 17.7 Å². The molecule has 5 N–H and O–H groups in total. The van der Waals surface area contributed by atoms with Crippen molar-refractivity contribution in [3.05, 3.63) is 119 Å². The predicted molar refractivity (Wildman–Crippen MR) is 200 cm³/mol. The molecule has 0 bridgehead atoms. The Bertz CT molecular complexity index is 1850. The summed E-state index contributed by atoms with van der Waals surface area (Å²) in [5.41, 5.74) is 1.25. The Labute approximate surface area is 317 Å². The summed E-state index contributed by atoms with van der Waals surface area (Å²) in [7, 11) is 0. The molecule has 55 heavy (non-hydrogen) atoms. The van der Waals surface area contributed by atoms with Crippen LogP contribution in [0.2, 0.25) is 0 Å². The second-order valence-corrected chi connectivity index (χ2v) is 13.6. The minimum Gasteiger partial charge on any atom is -0.480 e. The number of aromatic nitrogens is 2. The van der Waals surface area contributed by atoms with Crippen molar-refractivity contribution in [2.75, 3.05) is 11.9 Å². The zero-order valence-corrected chi connectivity index (χ0v) is 31.3. The number of nitrogens with one attached hydrogen (secondary N) is 4. The second kappa shape index (κ2) is 21.4. The summed E-state index contributed by atoms with van der Waals surface area (Å²) in [5, 5.41) is 20.1. The van der Waals surface area contributed by atoms with Crippen molar-refractivity contribution < 1.29 is 41.8 Å². The Morgan fingerprint density at radius 3 is 1.73 bits per heavy atom. The second-order valence-electron chi connectivity index (χ2n) is 13.6. The number of benzene rings is 3. The third-order valence-electron chi connectivity index (χ3n) is 8.28. The fourth-order valence-electron chi connectivity index (χ4n) is 5.52. The molecule has 2 atom stereocenters. The summed E-state index contributed by atoms with van der Waals surface area (Å²) < 4.78 is 54.6. The molecule has 1 heterocycles. The van der Waals surface area contributed by atoms with Crippen molar-refractivity contribution in [2.45, 2.75) is 90.4 Å². The van der Waals surface area contributed by atoms with Crippen LogP contribution in [0, 0.1) is 23.3 Å². The average Bonchev–Trinajstić information content (AvgIpc) is 3.57. The molecule has 0 radical (unpaired) electrons. The number of carbonyl (C=O) groups is 4. The quantitative estimate of drug-likeness (QED) is 0.0775. The van der Waals surface area contributed by atoms with Crippen LogP contribution in [0.1, 0.15) is 70.1 Å². The van der Waals surface area contributed by atoms with Gasteiger partial charge in [-0.2, -0.15) is 0 Å². The Hall–Kier alpha value is -5.57. The summed E-state index contributed by atoms with van der Waals surface area (Å²) in [4.78, 5) is 52.1. The highest BCUT2D eigenvalue weighted by atomic mass is 19.1. The Balaban J connectivity index is 0.000000360. The van der Waals surface area contributed by atoms with Crippen LogP contribution < -0.4 is 21.3 Å². The summed E-state index contributed by atoms with van der Waals surface area (Å²) in [5.74, 6) is -5.28. The van der Waals surface area contributed by atoms with E-state index in [1.807, 2.05) is 29.7 Å². The lowest BCUT2D eigenvalue weighted by atomic mass is 10.1. The van der Waals surface area contributed by atoms with Crippen molar-refractivity contribution in [3.63, 3.8) is 0 Å². The van der Waals surface area contributed by atoms with Gasteiger partial charge in [0.1, 0.15) is 35.4 Å². The Morgan fingerprint density at radius 1 is 0.745 bits per heavy atom. The minimum absolute atomic E-state index is 0.163. The highest BCUT2D eigenvalue weighted by Crippen LogP contribution is 2.18. The number of rotatable bonds is 18. The molecule has 3 amide bonds. The van der Waals surface area contributed by atoms with Gasteiger partial charge in [-0.1, -0.05) is 57.0 Å². The largest absolute Gasteiger partial charge is 0.480 e. The molecule has 3 aromatic carbocycles. The smallest absolute Gasteiger partial charge is 0.326 e. The maximum absolute atomic E-state index is 13.4. The summed E-state index contributed by atoms with van der Waals surface area (Å²) in [6, 6.07) is 14.1. The van der Waals surface area contributed by atoms with E-state index in [1.165, 1.54) is 5.56 Å². The van der Waals surface area contributed by atoms with Gasteiger partial charge in [-0.05, 0) is 67.6 Å². The number of carbonyl (C=O) groups excluding carboxylic acids is 3. The lowest BCUT2D eigenvalue weighted by Crippen LogP contribution is -2.44. The molecule has 0 fully saturated rings. The van der Waals surface area contributed by atoms with E-state index in [2.05, 4.69) is 52.2 Å². The maximum atomic E-state index is 13.4. The topological polar surface area (TPSA) is 154 Å². The van der Waals surface area contributed by atoms with Gasteiger partial charge in [-0.25, -0.2) is 27.3 Å². The number of carboxylic acid groups (broad SMARTS) is 1. The van der Waals surface area contributed by atoms with Gasteiger partial charge in [0.15, 0.2) is 5.82 Å². The van der Waals surface area contributed by atoms with Crippen molar-refractivity contribution in [2.24, 2.45) is 0 Å². The molecule has 11 nitrogen and oxygen atoms in total. The first kappa shape index (κ1) is 43.8. The van der Waals surface area contributed by atoms with E-state index in [0.717, 1.165) is 36.9 Å². The van der Waals surface area contributed by atoms with Crippen LogP contribution in [0.3, 0.4) is 0 Å². The van der Waals surface area contributed by atoms with Crippen molar-refractivity contribution in [3.8, 4) is 0 Å². The molecule has 1 aromatic heterocycles. The van der Waals surface area contributed by atoms with Gasteiger partial charge in [0.05, 0.1) is 24.7 Å². The predicted octanol–water partition coefficient (Wildman–Crippen LogP) is 6.03. The molecule has 0 spiro atoms. The molecule has 0 aliphatic carbocycles. The zero-order chi connectivity index (χ0) is 40.5. The zero-order valence-electron chi connectivity index (χ0n) is 31.3. The third kappa shape index (κ3) is 15.4. The fraction of sp³-hybridized carbons (Fsp3) is 0.375. The van der Waals surface area contributed by atoms with Gasteiger partial charge in [-0.3, -0.25) is 14.4 Å². The van der Waals surface area contributed by atoms with Crippen LogP contribution >= 0.6 is 0 Å². The van der Waals surface area contributed by atoms with E-state index in [0.29, 0.717) is 44.1 Å². The van der Waals surface area contributed by atoms with Crippen LogP contribution in [0.5, 0.6) is 0 Å². The Morgan fingerprint density at radius 2 is 1.24 bits per heavy atom. The molecule has 0 saturated heterocycles. The molecular formula is C40H48F4N6O5. The number of anilines is 1. The van der Waals surface area contributed by atoms with Crippen molar-refractivity contribution in [1.82, 2.24) is 25.5 Å². The third-order valence-corrected chi connectivity index (χ3v) is 8.28. The number of nitrogens with zero attached hydrogens (tertiary/aromatic N) is 2. The number of hydrogen-bond donors (Lipinski definition) is 5. The number of carboxylic acids is 1. The lowest BCUT2D eigenvalue weighted by molar-refractivity contribution is -0.142. The number of halogens is 4. The first-order chi connectivity index (χ1) is 26.1. The minimum atomic E-state index is -1.12. The number of aliphatic carboxylic acids is 1.